The first kappa shape index (κ1) is 8.99. The first-order chi connectivity index (χ1) is 7.16. The van der Waals surface area contributed by atoms with E-state index in [0.29, 0.717) is 4.83 Å². The Kier molecular flexibility index (Phi) is 1.72. The number of carbonyl (C=O) groups excluding carboxylic acids is 2. The highest BCUT2D eigenvalue weighted by molar-refractivity contribution is 9.10. The van der Waals surface area contributed by atoms with Gasteiger partial charge in [0.15, 0.2) is 5.69 Å². The van der Waals surface area contributed by atoms with Crippen LogP contribution in [0.1, 0.15) is 20.8 Å². The van der Waals surface area contributed by atoms with Gasteiger partial charge in [-0.1, -0.05) is 0 Å². The quantitative estimate of drug-likeness (QED) is 0.550. The summed E-state index contributed by atoms with van der Waals surface area (Å²) < 4.78 is 5.33. The molecule has 1 aliphatic rings. The number of cyclic esters (lactones) is 2. The molecule has 6 heteroatoms. The van der Waals surface area contributed by atoms with Gasteiger partial charge in [-0.15, -0.1) is 11.3 Å². The van der Waals surface area contributed by atoms with Crippen molar-refractivity contribution in [3.63, 3.8) is 0 Å². The van der Waals surface area contributed by atoms with Crippen LogP contribution >= 0.6 is 27.3 Å². The van der Waals surface area contributed by atoms with Crippen molar-refractivity contribution in [2.45, 2.75) is 0 Å². The summed E-state index contributed by atoms with van der Waals surface area (Å²) in [6, 6.07) is 1.63. The van der Waals surface area contributed by atoms with E-state index in [-0.39, 0.29) is 11.3 Å². The van der Waals surface area contributed by atoms with Gasteiger partial charge >= 0.3 is 11.9 Å². The van der Waals surface area contributed by atoms with Crippen molar-refractivity contribution < 1.29 is 14.3 Å². The van der Waals surface area contributed by atoms with Crippen LogP contribution in [0.2, 0.25) is 0 Å². The molecule has 0 N–H and O–H groups in total. The van der Waals surface area contributed by atoms with Crippen LogP contribution in [0.4, 0.5) is 0 Å². The van der Waals surface area contributed by atoms with E-state index < -0.39 is 11.9 Å². The average Bonchev–Trinajstić information content (AvgIpc) is 2.70. The Hall–Kier alpha value is -1.27. The third-order valence-electron chi connectivity index (χ3n) is 2.12. The molecule has 0 saturated carbocycles. The van der Waals surface area contributed by atoms with Crippen molar-refractivity contribution in [1.82, 2.24) is 4.98 Å². The molecule has 0 aliphatic carbocycles. The molecular formula is C9H2BrNO3S. The number of fused-ring (bicyclic) bond motifs is 2. The van der Waals surface area contributed by atoms with Crippen LogP contribution in [-0.4, -0.2) is 16.9 Å². The van der Waals surface area contributed by atoms with Crippen molar-refractivity contribution in [2.75, 3.05) is 0 Å². The minimum Gasteiger partial charge on any atom is -0.384 e. The molecule has 0 unspecified atom stereocenters. The van der Waals surface area contributed by atoms with Gasteiger partial charge in [-0.05, 0) is 22.0 Å². The molecule has 0 spiro atoms. The summed E-state index contributed by atoms with van der Waals surface area (Å²) >= 11 is 4.75. The summed E-state index contributed by atoms with van der Waals surface area (Å²) in [4.78, 5) is 27.3. The second-order valence-corrected chi connectivity index (χ2v) is 4.71. The molecule has 4 nitrogen and oxygen atoms in total. The van der Waals surface area contributed by atoms with Crippen molar-refractivity contribution >= 4 is 49.4 Å². The topological polar surface area (TPSA) is 56.3 Å². The number of halogens is 1. The van der Waals surface area contributed by atoms with E-state index >= 15 is 0 Å². The first-order valence-electron chi connectivity index (χ1n) is 4.01. The number of nitrogens with zero attached hydrogens (tertiary/aromatic N) is 1. The van der Waals surface area contributed by atoms with Gasteiger partial charge in [-0.2, -0.15) is 0 Å². The SMILES string of the molecule is O=C1OC(=O)c2nc3scc(Br)c3cc21. The lowest BCUT2D eigenvalue weighted by atomic mass is 10.2. The molecular weight excluding hydrogens is 282 g/mol. The molecule has 3 rings (SSSR count). The monoisotopic (exact) mass is 283 g/mol. The van der Waals surface area contributed by atoms with E-state index in [1.807, 2.05) is 5.38 Å². The molecule has 0 saturated heterocycles. The van der Waals surface area contributed by atoms with Gasteiger partial charge in [0.2, 0.25) is 0 Å². The Morgan fingerprint density at radius 2 is 2.13 bits per heavy atom. The third kappa shape index (κ3) is 1.15. The Bertz CT molecular complexity index is 619. The van der Waals surface area contributed by atoms with Crippen LogP contribution in [0.15, 0.2) is 15.9 Å². The van der Waals surface area contributed by atoms with Crippen LogP contribution in [0.3, 0.4) is 0 Å². The highest BCUT2D eigenvalue weighted by atomic mass is 79.9. The molecule has 3 heterocycles. The molecule has 74 valence electrons. The average molecular weight is 284 g/mol. The third-order valence-corrected chi connectivity index (χ3v) is 3.96. The molecule has 15 heavy (non-hydrogen) atoms. The second-order valence-electron chi connectivity index (χ2n) is 3.00. The number of ether oxygens (including phenoxy) is 1. The number of aromatic nitrogens is 1. The summed E-state index contributed by atoms with van der Waals surface area (Å²) in [7, 11) is 0. The molecule has 1 aliphatic heterocycles. The smallest absolute Gasteiger partial charge is 0.365 e. The number of thiophene rings is 1. The molecule has 0 aromatic carbocycles. The lowest BCUT2D eigenvalue weighted by Crippen LogP contribution is -1.97. The van der Waals surface area contributed by atoms with E-state index in [2.05, 4.69) is 25.7 Å². The Balaban J connectivity index is 2.43. The van der Waals surface area contributed by atoms with Crippen molar-refractivity contribution in [3.8, 4) is 0 Å². The molecule has 2 aromatic heterocycles. The van der Waals surface area contributed by atoms with Crippen molar-refractivity contribution in [3.05, 3.63) is 27.2 Å². The fourth-order valence-corrected chi connectivity index (χ4v) is 2.92. The Morgan fingerprint density at radius 1 is 1.33 bits per heavy atom. The van der Waals surface area contributed by atoms with Gasteiger partial charge in [0.05, 0.1) is 5.56 Å². The lowest BCUT2D eigenvalue weighted by Gasteiger charge is -1.92. The summed E-state index contributed by atoms with van der Waals surface area (Å²) in [5.41, 5.74) is 0.355. The fraction of sp³-hybridized carbons (Fsp3) is 0. The van der Waals surface area contributed by atoms with Gasteiger partial charge in [-0.25, -0.2) is 14.6 Å². The summed E-state index contributed by atoms with van der Waals surface area (Å²) in [5.74, 6) is -1.29. The number of rotatable bonds is 0. The number of pyridine rings is 1. The number of hydrogen-bond donors (Lipinski definition) is 0. The molecule has 2 aromatic rings. The molecule has 0 fully saturated rings. The maximum atomic E-state index is 11.3. The molecule has 0 amide bonds. The van der Waals surface area contributed by atoms with Crippen LogP contribution in [0, 0.1) is 0 Å². The van der Waals surface area contributed by atoms with E-state index in [1.165, 1.54) is 11.3 Å². The highest BCUT2D eigenvalue weighted by Gasteiger charge is 2.32. The highest BCUT2D eigenvalue weighted by Crippen LogP contribution is 2.32. The summed E-state index contributed by atoms with van der Waals surface area (Å²) in [6.07, 6.45) is 0. The summed E-state index contributed by atoms with van der Waals surface area (Å²) in [5, 5.41) is 2.69. The van der Waals surface area contributed by atoms with Crippen LogP contribution in [-0.2, 0) is 4.74 Å². The zero-order valence-corrected chi connectivity index (χ0v) is 9.52. The number of esters is 2. The van der Waals surface area contributed by atoms with Gasteiger partial charge in [0.1, 0.15) is 4.83 Å². The van der Waals surface area contributed by atoms with Gasteiger partial charge in [-0.3, -0.25) is 0 Å². The largest absolute Gasteiger partial charge is 0.384 e. The van der Waals surface area contributed by atoms with E-state index in [4.69, 9.17) is 0 Å². The zero-order chi connectivity index (χ0) is 10.6. The van der Waals surface area contributed by atoms with Crippen LogP contribution in [0.5, 0.6) is 0 Å². The van der Waals surface area contributed by atoms with Gasteiger partial charge < -0.3 is 4.74 Å². The first-order valence-corrected chi connectivity index (χ1v) is 5.68. The van der Waals surface area contributed by atoms with Gasteiger partial charge in [0.25, 0.3) is 0 Å². The van der Waals surface area contributed by atoms with E-state index in [0.717, 1.165) is 9.86 Å². The molecule has 0 atom stereocenters. The minimum atomic E-state index is -0.665. The standard InChI is InChI=1S/C9H2BrNO3S/c10-5-2-15-7-3(5)1-4-6(11-7)9(13)14-8(4)12/h1-2H. The Morgan fingerprint density at radius 3 is 2.93 bits per heavy atom. The van der Waals surface area contributed by atoms with E-state index in [9.17, 15) is 9.59 Å². The second kappa shape index (κ2) is 2.86. The maximum Gasteiger partial charge on any atom is 0.365 e. The molecule has 0 radical (unpaired) electrons. The molecule has 0 bridgehead atoms. The fourth-order valence-electron chi connectivity index (χ4n) is 1.43. The van der Waals surface area contributed by atoms with Crippen LogP contribution in [0.25, 0.3) is 10.2 Å². The minimum absolute atomic E-state index is 0.113. The Labute approximate surface area is 96.0 Å². The van der Waals surface area contributed by atoms with Crippen molar-refractivity contribution in [2.24, 2.45) is 0 Å². The van der Waals surface area contributed by atoms with Gasteiger partial charge in [0, 0.05) is 15.2 Å². The normalized spacial score (nSPS) is 14.5. The summed E-state index contributed by atoms with van der Waals surface area (Å²) in [6.45, 7) is 0. The predicted molar refractivity (Wildman–Crippen MR) is 57.1 cm³/mol. The van der Waals surface area contributed by atoms with Crippen molar-refractivity contribution in [1.29, 1.82) is 0 Å². The predicted octanol–water partition coefficient (Wildman–Crippen LogP) is 2.37. The maximum absolute atomic E-state index is 11.3. The van der Waals surface area contributed by atoms with Crippen LogP contribution < -0.4 is 0 Å². The lowest BCUT2D eigenvalue weighted by molar-refractivity contribution is 0.0441. The zero-order valence-electron chi connectivity index (χ0n) is 7.11. The number of hydrogen-bond acceptors (Lipinski definition) is 5. The van der Waals surface area contributed by atoms with E-state index in [1.54, 1.807) is 6.07 Å². The number of carbonyl (C=O) groups is 2.